The van der Waals surface area contributed by atoms with Crippen LogP contribution in [-0.4, -0.2) is 50.3 Å². The standard InChI is InChI=1S/C19H28N2O3/c1-15(18(22)23-2)24-17-5-3-16(4-6-17)13-21-12-9-19(14-21)7-10-20-11-8-19/h3-6,15,20H,7-14H2,1-2H3. The van der Waals surface area contributed by atoms with E-state index in [1.54, 1.807) is 6.92 Å². The normalized spacial score (nSPS) is 21.6. The summed E-state index contributed by atoms with van der Waals surface area (Å²) in [5.41, 5.74) is 1.84. The van der Waals surface area contributed by atoms with Crippen molar-refractivity contribution in [2.75, 3.05) is 33.3 Å². The van der Waals surface area contributed by atoms with Gasteiger partial charge in [0.1, 0.15) is 5.75 Å². The van der Waals surface area contributed by atoms with E-state index in [0.717, 1.165) is 19.6 Å². The van der Waals surface area contributed by atoms with Crippen molar-refractivity contribution in [1.82, 2.24) is 10.2 Å². The molecule has 2 aliphatic rings. The first-order chi connectivity index (χ1) is 11.6. The lowest BCUT2D eigenvalue weighted by molar-refractivity contribution is -0.147. The van der Waals surface area contributed by atoms with Gasteiger partial charge in [0, 0.05) is 13.1 Å². The summed E-state index contributed by atoms with van der Waals surface area (Å²) in [4.78, 5) is 14.0. The minimum Gasteiger partial charge on any atom is -0.479 e. The molecule has 0 aromatic heterocycles. The minimum absolute atomic E-state index is 0.358. The Bertz CT molecular complexity index is 552. The second-order valence-corrected chi connectivity index (χ2v) is 7.14. The molecule has 132 valence electrons. The third-order valence-electron chi connectivity index (χ3n) is 5.36. The maximum absolute atomic E-state index is 11.4. The van der Waals surface area contributed by atoms with Gasteiger partial charge in [-0.25, -0.2) is 4.79 Å². The van der Waals surface area contributed by atoms with E-state index in [2.05, 4.69) is 27.1 Å². The van der Waals surface area contributed by atoms with Gasteiger partial charge in [-0.3, -0.25) is 4.90 Å². The van der Waals surface area contributed by atoms with Crippen molar-refractivity contribution in [3.63, 3.8) is 0 Å². The maximum atomic E-state index is 11.4. The van der Waals surface area contributed by atoms with Crippen LogP contribution in [0.15, 0.2) is 24.3 Å². The second-order valence-electron chi connectivity index (χ2n) is 7.14. The van der Waals surface area contributed by atoms with E-state index in [9.17, 15) is 4.79 Å². The highest BCUT2D eigenvalue weighted by atomic mass is 16.6. The number of benzene rings is 1. The van der Waals surface area contributed by atoms with Gasteiger partial charge in [0.05, 0.1) is 7.11 Å². The first-order valence-corrected chi connectivity index (χ1v) is 8.87. The molecule has 1 aromatic rings. The fourth-order valence-corrected chi connectivity index (χ4v) is 3.88. The van der Waals surface area contributed by atoms with Gasteiger partial charge >= 0.3 is 5.97 Å². The molecule has 1 atom stereocenters. The quantitative estimate of drug-likeness (QED) is 0.838. The van der Waals surface area contributed by atoms with Crippen LogP contribution in [0.25, 0.3) is 0 Å². The number of ether oxygens (including phenoxy) is 2. The van der Waals surface area contributed by atoms with E-state index in [-0.39, 0.29) is 5.97 Å². The van der Waals surface area contributed by atoms with E-state index >= 15 is 0 Å². The molecule has 2 heterocycles. The van der Waals surface area contributed by atoms with Crippen molar-refractivity contribution >= 4 is 5.97 Å². The van der Waals surface area contributed by atoms with Crippen LogP contribution in [0.5, 0.6) is 5.75 Å². The summed E-state index contributed by atoms with van der Waals surface area (Å²) < 4.78 is 10.3. The molecule has 5 heteroatoms. The predicted octanol–water partition coefficient (Wildman–Crippen LogP) is 2.20. The predicted molar refractivity (Wildman–Crippen MR) is 93.0 cm³/mol. The molecule has 0 bridgehead atoms. The Kier molecular flexibility index (Phi) is 5.41. The van der Waals surface area contributed by atoms with Gasteiger partial charge in [0.15, 0.2) is 6.10 Å². The van der Waals surface area contributed by atoms with Gasteiger partial charge in [-0.1, -0.05) is 12.1 Å². The maximum Gasteiger partial charge on any atom is 0.346 e. The van der Waals surface area contributed by atoms with Crippen molar-refractivity contribution in [1.29, 1.82) is 0 Å². The van der Waals surface area contributed by atoms with E-state index < -0.39 is 6.10 Å². The van der Waals surface area contributed by atoms with Crippen LogP contribution in [0.4, 0.5) is 0 Å². The van der Waals surface area contributed by atoms with Gasteiger partial charge in [-0.15, -0.1) is 0 Å². The summed E-state index contributed by atoms with van der Waals surface area (Å²) in [7, 11) is 1.37. The Morgan fingerprint density at radius 1 is 1.25 bits per heavy atom. The topological polar surface area (TPSA) is 50.8 Å². The molecule has 5 nitrogen and oxygen atoms in total. The molecule has 0 amide bonds. The van der Waals surface area contributed by atoms with Crippen molar-refractivity contribution in [2.45, 2.75) is 38.8 Å². The number of hydrogen-bond acceptors (Lipinski definition) is 5. The number of piperidine rings is 1. The number of nitrogens with zero attached hydrogens (tertiary/aromatic N) is 1. The lowest BCUT2D eigenvalue weighted by atomic mass is 9.78. The van der Waals surface area contributed by atoms with Gasteiger partial charge < -0.3 is 14.8 Å². The van der Waals surface area contributed by atoms with Crippen LogP contribution in [0, 0.1) is 5.41 Å². The number of carbonyl (C=O) groups is 1. The van der Waals surface area contributed by atoms with Crippen LogP contribution < -0.4 is 10.1 Å². The fraction of sp³-hybridized carbons (Fsp3) is 0.632. The summed E-state index contributed by atoms with van der Waals surface area (Å²) >= 11 is 0. The summed E-state index contributed by atoms with van der Waals surface area (Å²) in [5.74, 6) is 0.344. The van der Waals surface area contributed by atoms with Crippen LogP contribution in [-0.2, 0) is 16.1 Å². The average molecular weight is 332 g/mol. The lowest BCUT2D eigenvalue weighted by Gasteiger charge is -2.33. The molecule has 2 saturated heterocycles. The summed E-state index contributed by atoms with van der Waals surface area (Å²) in [5, 5.41) is 3.47. The van der Waals surface area contributed by atoms with Crippen LogP contribution in [0.3, 0.4) is 0 Å². The van der Waals surface area contributed by atoms with Crippen LogP contribution in [0.1, 0.15) is 31.7 Å². The highest BCUT2D eigenvalue weighted by Crippen LogP contribution is 2.39. The molecule has 0 saturated carbocycles. The zero-order chi connectivity index (χ0) is 17.0. The third kappa shape index (κ3) is 4.08. The fourth-order valence-electron chi connectivity index (χ4n) is 3.88. The molecule has 1 spiro atoms. The minimum atomic E-state index is -0.584. The van der Waals surface area contributed by atoms with E-state index in [1.165, 1.54) is 45.0 Å². The van der Waals surface area contributed by atoms with Gasteiger partial charge in [-0.2, -0.15) is 0 Å². The summed E-state index contributed by atoms with van der Waals surface area (Å²) in [6.07, 6.45) is 3.36. The third-order valence-corrected chi connectivity index (χ3v) is 5.36. The number of methoxy groups -OCH3 is 1. The Balaban J connectivity index is 1.52. The molecule has 1 N–H and O–H groups in total. The van der Waals surface area contributed by atoms with Crippen molar-refractivity contribution in [2.24, 2.45) is 5.41 Å². The highest BCUT2D eigenvalue weighted by Gasteiger charge is 2.38. The Labute approximate surface area is 144 Å². The summed E-state index contributed by atoms with van der Waals surface area (Å²) in [6.45, 7) is 7.42. The monoisotopic (exact) mass is 332 g/mol. The molecule has 0 aliphatic carbocycles. The number of nitrogens with one attached hydrogen (secondary N) is 1. The van der Waals surface area contributed by atoms with Crippen LogP contribution in [0.2, 0.25) is 0 Å². The molecule has 0 radical (unpaired) electrons. The number of rotatable bonds is 5. The molecule has 2 fully saturated rings. The molecule has 1 aromatic carbocycles. The number of likely N-dealkylation sites (tertiary alicyclic amines) is 1. The lowest BCUT2D eigenvalue weighted by Crippen LogP contribution is -2.38. The molecule has 1 unspecified atom stereocenters. The number of hydrogen-bond donors (Lipinski definition) is 1. The molecular formula is C19H28N2O3. The van der Waals surface area contributed by atoms with Crippen molar-refractivity contribution in [3.8, 4) is 5.75 Å². The van der Waals surface area contributed by atoms with Crippen molar-refractivity contribution in [3.05, 3.63) is 29.8 Å². The van der Waals surface area contributed by atoms with Gasteiger partial charge in [0.2, 0.25) is 0 Å². The average Bonchev–Trinajstić information content (AvgIpc) is 2.98. The first-order valence-electron chi connectivity index (χ1n) is 8.87. The molecule has 2 aliphatic heterocycles. The van der Waals surface area contributed by atoms with E-state index in [4.69, 9.17) is 4.74 Å². The zero-order valence-corrected chi connectivity index (χ0v) is 14.7. The Morgan fingerprint density at radius 2 is 1.96 bits per heavy atom. The zero-order valence-electron chi connectivity index (χ0n) is 14.7. The second kappa shape index (κ2) is 7.53. The van der Waals surface area contributed by atoms with Gasteiger partial charge in [-0.05, 0) is 68.9 Å². The Morgan fingerprint density at radius 3 is 2.62 bits per heavy atom. The smallest absolute Gasteiger partial charge is 0.346 e. The SMILES string of the molecule is COC(=O)C(C)Oc1ccc(CN2CCC3(CCNCC3)C2)cc1. The van der Waals surface area contributed by atoms with Crippen molar-refractivity contribution < 1.29 is 14.3 Å². The molecule has 3 rings (SSSR count). The Hall–Kier alpha value is -1.59. The highest BCUT2D eigenvalue weighted by molar-refractivity contribution is 5.74. The molecular weight excluding hydrogens is 304 g/mol. The summed E-state index contributed by atoms with van der Waals surface area (Å²) in [6, 6.07) is 8.05. The van der Waals surface area contributed by atoms with E-state index in [1.807, 2.05) is 12.1 Å². The van der Waals surface area contributed by atoms with Crippen LogP contribution >= 0.6 is 0 Å². The van der Waals surface area contributed by atoms with Gasteiger partial charge in [0.25, 0.3) is 0 Å². The first kappa shape index (κ1) is 17.2. The molecule has 24 heavy (non-hydrogen) atoms. The largest absolute Gasteiger partial charge is 0.479 e. The number of esters is 1. The van der Waals surface area contributed by atoms with E-state index in [0.29, 0.717) is 11.2 Å². The number of carbonyl (C=O) groups excluding carboxylic acids is 1.